The summed E-state index contributed by atoms with van der Waals surface area (Å²) in [4.78, 5) is 53.9. The number of carbonyl (C=O) groups is 3. The number of aliphatic hydroxyl groups is 1. The quantitative estimate of drug-likeness (QED) is 0.132. The molecule has 1 aliphatic carbocycles. The molecule has 1 aliphatic heterocycles. The van der Waals surface area contributed by atoms with Crippen molar-refractivity contribution in [1.82, 2.24) is 14.5 Å². The van der Waals surface area contributed by atoms with Crippen LogP contribution in [0, 0.1) is 5.82 Å². The summed E-state index contributed by atoms with van der Waals surface area (Å²) in [5.74, 6) is -1.64. The van der Waals surface area contributed by atoms with Gasteiger partial charge >= 0.3 is 0 Å². The van der Waals surface area contributed by atoms with E-state index in [1.807, 2.05) is 13.8 Å². The summed E-state index contributed by atoms with van der Waals surface area (Å²) >= 11 is 6.21. The van der Waals surface area contributed by atoms with Crippen LogP contribution in [-0.2, 0) is 45.1 Å². The standard InChI is InChI=1S/C20H16ClFN2O3.C11H17N3O3.C2H4O.C2H6/c1-27-8-12-16(25)6-15-19-11(7-24(15)20(12)26)9-3-2-4-10-17(9)14(23-19)5-13(22)18(10)21;1-3-9(7-13-4-2)11(17)14(5-6-15)8-10(12)16;1-2-3;1-2/h5-6,25H,2-4,7-8H2,1H3;3-4,7,15H,2,5-6,8H2,1H3,(H2,12,16);2H,1H3;1-2H3/b;9-3+,13-7?;;. The van der Waals surface area contributed by atoms with E-state index in [0.29, 0.717) is 35.4 Å². The first-order valence-corrected chi connectivity index (χ1v) is 16.0. The summed E-state index contributed by atoms with van der Waals surface area (Å²) in [5.41, 5.74) is 9.81. The SMILES string of the molecule is C=CN=C/C(=C\C)C(=O)N(CCO)CC(N)=O.CC.CC=O.COCc1c(O)cc2n(c1=O)Cc1c-2nc2cc(F)c(Cl)c3c2c1CCC3. The average molecular weight is 700 g/mol. The van der Waals surface area contributed by atoms with Crippen LogP contribution in [-0.4, -0.2) is 75.8 Å². The van der Waals surface area contributed by atoms with Gasteiger partial charge in [-0.3, -0.25) is 19.4 Å². The Bertz CT molecular complexity index is 1820. The molecule has 0 spiro atoms. The Kier molecular flexibility index (Phi) is 16.0. The van der Waals surface area contributed by atoms with Gasteiger partial charge in [0.15, 0.2) is 0 Å². The minimum atomic E-state index is -0.636. The van der Waals surface area contributed by atoms with E-state index >= 15 is 0 Å². The second-order valence-corrected chi connectivity index (χ2v) is 10.8. The molecule has 14 heteroatoms. The largest absolute Gasteiger partial charge is 0.507 e. The topological polar surface area (TPSA) is 177 Å². The van der Waals surface area contributed by atoms with Crippen molar-refractivity contribution in [3.8, 4) is 17.1 Å². The number of pyridine rings is 2. The Morgan fingerprint density at radius 1 is 1.22 bits per heavy atom. The fraction of sp³-hybridized carbons (Fsp3) is 0.371. The Labute approximate surface area is 289 Å². The predicted octanol–water partition coefficient (Wildman–Crippen LogP) is 4.24. The molecule has 1 aromatic carbocycles. The van der Waals surface area contributed by atoms with Crippen LogP contribution in [0.25, 0.3) is 22.3 Å². The third-order valence-electron chi connectivity index (χ3n) is 7.44. The first-order chi connectivity index (χ1) is 23.5. The zero-order valence-electron chi connectivity index (χ0n) is 28.4. The lowest BCUT2D eigenvalue weighted by Crippen LogP contribution is -2.41. The number of aromatic nitrogens is 2. The lowest BCUT2D eigenvalue weighted by Gasteiger charge is -2.21. The molecule has 12 nitrogen and oxygen atoms in total. The highest BCUT2D eigenvalue weighted by Crippen LogP contribution is 2.42. The molecule has 5 rings (SSSR count). The van der Waals surface area contributed by atoms with Crippen molar-refractivity contribution in [2.45, 2.75) is 60.1 Å². The molecule has 264 valence electrons. The number of allylic oxidation sites excluding steroid dienone is 1. The van der Waals surface area contributed by atoms with Crippen LogP contribution in [0.1, 0.15) is 56.4 Å². The molecular weight excluding hydrogens is 657 g/mol. The fourth-order valence-electron chi connectivity index (χ4n) is 5.50. The number of primary amides is 1. The molecule has 0 atom stereocenters. The molecule has 0 saturated heterocycles. The van der Waals surface area contributed by atoms with Gasteiger partial charge in [-0.25, -0.2) is 9.37 Å². The highest BCUT2D eigenvalue weighted by atomic mass is 35.5. The Hall–Kier alpha value is -4.72. The lowest BCUT2D eigenvalue weighted by atomic mass is 9.87. The van der Waals surface area contributed by atoms with Crippen LogP contribution in [0.3, 0.4) is 0 Å². The normalized spacial score (nSPS) is 12.4. The number of carbonyl (C=O) groups excluding carboxylic acids is 3. The maximum absolute atomic E-state index is 14.3. The highest BCUT2D eigenvalue weighted by Gasteiger charge is 2.31. The van der Waals surface area contributed by atoms with E-state index in [-0.39, 0.29) is 48.2 Å². The summed E-state index contributed by atoms with van der Waals surface area (Å²) in [6.45, 7) is 10.5. The van der Waals surface area contributed by atoms with Crippen LogP contribution in [0.15, 0.2) is 46.3 Å². The van der Waals surface area contributed by atoms with Crippen LogP contribution >= 0.6 is 11.6 Å². The third-order valence-corrected chi connectivity index (χ3v) is 7.85. The number of hydrogen-bond donors (Lipinski definition) is 3. The smallest absolute Gasteiger partial charge is 0.260 e. The first kappa shape index (κ1) is 40.5. The van der Waals surface area contributed by atoms with Crippen molar-refractivity contribution in [3.05, 3.63) is 80.0 Å². The van der Waals surface area contributed by atoms with Gasteiger partial charge in [0.2, 0.25) is 5.91 Å². The van der Waals surface area contributed by atoms with Gasteiger partial charge < -0.3 is 34.9 Å². The van der Waals surface area contributed by atoms with E-state index in [0.717, 1.165) is 46.1 Å². The molecule has 3 heterocycles. The van der Waals surface area contributed by atoms with Gasteiger partial charge in [-0.1, -0.05) is 38.1 Å². The number of benzene rings is 1. The minimum absolute atomic E-state index is 0.0362. The van der Waals surface area contributed by atoms with Gasteiger partial charge in [0.25, 0.3) is 11.5 Å². The Morgan fingerprint density at radius 3 is 2.45 bits per heavy atom. The summed E-state index contributed by atoms with van der Waals surface area (Å²) in [6.07, 6.45) is 7.35. The number of hydrogen-bond acceptors (Lipinski definition) is 9. The predicted molar refractivity (Wildman–Crippen MR) is 188 cm³/mol. The van der Waals surface area contributed by atoms with Crippen molar-refractivity contribution < 1.29 is 33.7 Å². The molecule has 0 bridgehead atoms. The van der Waals surface area contributed by atoms with Gasteiger partial charge in [-0.05, 0) is 44.2 Å². The molecular formula is C35H43ClFN5O7. The van der Waals surface area contributed by atoms with Crippen molar-refractivity contribution in [2.24, 2.45) is 10.7 Å². The molecule has 49 heavy (non-hydrogen) atoms. The number of methoxy groups -OCH3 is 1. The monoisotopic (exact) mass is 699 g/mol. The van der Waals surface area contributed by atoms with E-state index < -0.39 is 17.6 Å². The number of nitrogens with two attached hydrogens (primary N) is 1. The maximum Gasteiger partial charge on any atom is 0.260 e. The number of rotatable bonds is 9. The van der Waals surface area contributed by atoms with Gasteiger partial charge in [0.1, 0.15) is 17.9 Å². The van der Waals surface area contributed by atoms with Gasteiger partial charge in [-0.15, -0.1) is 0 Å². The molecule has 3 aromatic rings. The first-order valence-electron chi connectivity index (χ1n) is 15.6. The second kappa shape index (κ2) is 19.3. The van der Waals surface area contributed by atoms with Crippen molar-refractivity contribution in [3.63, 3.8) is 0 Å². The molecule has 4 N–H and O–H groups in total. The molecule has 2 aliphatic rings. The van der Waals surface area contributed by atoms with Crippen molar-refractivity contribution >= 4 is 46.8 Å². The number of ether oxygens (including phenoxy) is 1. The molecule has 2 amide bonds. The number of aromatic hydroxyl groups is 1. The number of halogens is 2. The average Bonchev–Trinajstić information content (AvgIpc) is 3.45. The Balaban J connectivity index is 0.000000329. The van der Waals surface area contributed by atoms with Gasteiger partial charge in [0.05, 0.1) is 59.4 Å². The summed E-state index contributed by atoms with van der Waals surface area (Å²) in [5, 5.41) is 20.2. The zero-order valence-corrected chi connectivity index (χ0v) is 29.1. The molecule has 0 saturated carbocycles. The van der Waals surface area contributed by atoms with E-state index in [1.165, 1.54) is 32.5 Å². The van der Waals surface area contributed by atoms with Crippen LogP contribution in [0.2, 0.25) is 5.02 Å². The lowest BCUT2D eigenvalue weighted by molar-refractivity contribution is -0.132. The number of fused-ring (bicyclic) bond motifs is 4. The molecule has 0 radical (unpaired) electrons. The number of amides is 2. The van der Waals surface area contributed by atoms with Crippen molar-refractivity contribution in [2.75, 3.05) is 26.8 Å². The number of aliphatic imine (C=N–C) groups is 1. The zero-order chi connectivity index (χ0) is 36.8. The molecule has 2 aromatic heterocycles. The Morgan fingerprint density at radius 2 is 1.88 bits per heavy atom. The number of aryl methyl sites for hydroxylation is 2. The number of nitrogens with zero attached hydrogens (tertiary/aromatic N) is 4. The van der Waals surface area contributed by atoms with E-state index in [4.69, 9.17) is 32.0 Å². The van der Waals surface area contributed by atoms with Gasteiger partial charge in [0, 0.05) is 49.2 Å². The van der Waals surface area contributed by atoms with Crippen LogP contribution < -0.4 is 11.3 Å². The minimum Gasteiger partial charge on any atom is -0.507 e. The highest BCUT2D eigenvalue weighted by molar-refractivity contribution is 6.32. The summed E-state index contributed by atoms with van der Waals surface area (Å²) in [6, 6.07) is 2.90. The fourth-order valence-corrected chi connectivity index (χ4v) is 5.75. The number of aldehydes is 1. The second-order valence-electron chi connectivity index (χ2n) is 10.4. The van der Waals surface area contributed by atoms with E-state index in [2.05, 4.69) is 16.6 Å². The van der Waals surface area contributed by atoms with Gasteiger partial charge in [-0.2, -0.15) is 0 Å². The van der Waals surface area contributed by atoms with E-state index in [9.17, 15) is 23.9 Å². The summed E-state index contributed by atoms with van der Waals surface area (Å²) in [7, 11) is 1.48. The van der Waals surface area contributed by atoms with Crippen LogP contribution in [0.5, 0.6) is 5.75 Å². The number of aliphatic hydroxyl groups excluding tert-OH is 1. The van der Waals surface area contributed by atoms with E-state index in [1.54, 1.807) is 23.6 Å². The van der Waals surface area contributed by atoms with Crippen LogP contribution in [0.4, 0.5) is 4.39 Å². The van der Waals surface area contributed by atoms with Crippen molar-refractivity contribution in [1.29, 1.82) is 0 Å². The maximum atomic E-state index is 14.3. The summed E-state index contributed by atoms with van der Waals surface area (Å²) < 4.78 is 20.9. The molecule has 0 fully saturated rings. The third kappa shape index (κ3) is 9.25. The molecule has 0 unspecified atom stereocenters.